The minimum Gasteiger partial charge on any atom is -0.507 e. The van der Waals surface area contributed by atoms with Crippen molar-refractivity contribution in [2.45, 2.75) is 72.1 Å². The van der Waals surface area contributed by atoms with E-state index in [9.17, 15) is 5.11 Å². The third-order valence-corrected chi connectivity index (χ3v) is 3.41. The van der Waals surface area contributed by atoms with Gasteiger partial charge in [0.15, 0.2) is 0 Å². The molecule has 1 nitrogen and oxygen atoms in total. The fourth-order valence-electron chi connectivity index (χ4n) is 2.13. The van der Waals surface area contributed by atoms with Crippen LogP contribution < -0.4 is 0 Å². The van der Waals surface area contributed by atoms with Crippen molar-refractivity contribution in [3.8, 4) is 5.75 Å². The van der Waals surface area contributed by atoms with Crippen LogP contribution in [-0.4, -0.2) is 5.11 Å². The second-order valence-corrected chi connectivity index (χ2v) is 7.62. The van der Waals surface area contributed by atoms with Gasteiger partial charge in [-0.3, -0.25) is 0 Å². The topological polar surface area (TPSA) is 20.2 Å². The summed E-state index contributed by atoms with van der Waals surface area (Å²) >= 11 is 0. The maximum atomic E-state index is 10.6. The first kappa shape index (κ1) is 15.1. The number of hydrogen-bond acceptors (Lipinski definition) is 1. The first-order chi connectivity index (χ1) is 7.94. The Balaban J connectivity index is 3.59. The van der Waals surface area contributed by atoms with Gasteiger partial charge in [0.1, 0.15) is 5.75 Å². The number of benzene rings is 1. The quantitative estimate of drug-likeness (QED) is 0.732. The number of rotatable bonds is 1. The molecule has 0 aliphatic rings. The minimum atomic E-state index is -0.0328. The van der Waals surface area contributed by atoms with Crippen LogP contribution in [0.4, 0.5) is 0 Å². The molecule has 0 aliphatic heterocycles. The van der Waals surface area contributed by atoms with Crippen LogP contribution in [0.25, 0.3) is 0 Å². The summed E-state index contributed by atoms with van der Waals surface area (Å²) in [4.78, 5) is 0. The minimum absolute atomic E-state index is 0.0328. The highest BCUT2D eigenvalue weighted by Gasteiger charge is 2.26. The summed E-state index contributed by atoms with van der Waals surface area (Å²) in [6, 6.07) is 4.32. The molecular weight excluding hydrogens is 220 g/mol. The molecular formula is C17H28O. The lowest BCUT2D eigenvalue weighted by Crippen LogP contribution is -2.18. The molecule has 0 aliphatic carbocycles. The van der Waals surface area contributed by atoms with E-state index in [-0.39, 0.29) is 10.8 Å². The van der Waals surface area contributed by atoms with Gasteiger partial charge in [0.2, 0.25) is 0 Å². The normalized spacial score (nSPS) is 13.2. The van der Waals surface area contributed by atoms with Gasteiger partial charge in [0.25, 0.3) is 0 Å². The van der Waals surface area contributed by atoms with Crippen molar-refractivity contribution in [3.63, 3.8) is 0 Å². The molecule has 0 saturated carbocycles. The van der Waals surface area contributed by atoms with Gasteiger partial charge in [-0.15, -0.1) is 0 Å². The van der Waals surface area contributed by atoms with Gasteiger partial charge in [-0.05, 0) is 33.4 Å². The van der Waals surface area contributed by atoms with Gasteiger partial charge in [-0.2, -0.15) is 0 Å². The average molecular weight is 248 g/mol. The van der Waals surface area contributed by atoms with E-state index in [0.717, 1.165) is 11.1 Å². The Kier molecular flexibility index (Phi) is 3.86. The van der Waals surface area contributed by atoms with Gasteiger partial charge < -0.3 is 5.11 Å². The average Bonchev–Trinajstić information content (AvgIpc) is 2.13. The molecule has 0 atom stereocenters. The summed E-state index contributed by atoms with van der Waals surface area (Å²) < 4.78 is 0. The second-order valence-electron chi connectivity index (χ2n) is 7.62. The summed E-state index contributed by atoms with van der Waals surface area (Å²) in [7, 11) is 0. The van der Waals surface area contributed by atoms with Gasteiger partial charge in [0.05, 0.1) is 0 Å². The Bertz CT molecular complexity index is 393. The third kappa shape index (κ3) is 3.07. The Hall–Kier alpha value is -0.980. The van der Waals surface area contributed by atoms with Crippen LogP contribution in [0.5, 0.6) is 5.75 Å². The number of phenols is 1. The largest absolute Gasteiger partial charge is 0.507 e. The van der Waals surface area contributed by atoms with E-state index in [2.05, 4.69) is 67.5 Å². The maximum Gasteiger partial charge on any atom is 0.123 e. The van der Waals surface area contributed by atoms with Gasteiger partial charge >= 0.3 is 0 Å². The molecule has 1 heteroatoms. The van der Waals surface area contributed by atoms with E-state index in [1.54, 1.807) is 0 Å². The third-order valence-electron chi connectivity index (χ3n) is 3.41. The van der Waals surface area contributed by atoms with Crippen molar-refractivity contribution < 1.29 is 5.11 Å². The zero-order chi connectivity index (χ0) is 14.3. The highest BCUT2D eigenvalue weighted by atomic mass is 16.3. The first-order valence-corrected chi connectivity index (χ1v) is 6.82. The molecule has 0 bridgehead atoms. The van der Waals surface area contributed by atoms with Crippen LogP contribution in [0.2, 0.25) is 0 Å². The summed E-state index contributed by atoms with van der Waals surface area (Å²) in [5.74, 6) is 0.951. The van der Waals surface area contributed by atoms with E-state index < -0.39 is 0 Å². The lowest BCUT2D eigenvalue weighted by Gasteiger charge is -2.29. The zero-order valence-corrected chi connectivity index (χ0v) is 13.2. The van der Waals surface area contributed by atoms with E-state index in [1.807, 2.05) is 0 Å². The van der Waals surface area contributed by atoms with Crippen molar-refractivity contribution in [1.29, 1.82) is 0 Å². The molecule has 0 aromatic heterocycles. The molecule has 1 N–H and O–H groups in total. The number of aromatic hydroxyl groups is 1. The molecule has 1 aromatic rings. The fourth-order valence-corrected chi connectivity index (χ4v) is 2.13. The predicted octanol–water partition coefficient (Wildman–Crippen LogP) is 5.11. The van der Waals surface area contributed by atoms with Crippen molar-refractivity contribution in [2.24, 2.45) is 0 Å². The molecule has 1 rings (SSSR count). The molecule has 0 unspecified atom stereocenters. The summed E-state index contributed by atoms with van der Waals surface area (Å²) in [6.07, 6.45) is 0. The number of phenolic OH excluding ortho intramolecular Hbond substituents is 1. The monoisotopic (exact) mass is 248 g/mol. The summed E-state index contributed by atoms with van der Waals surface area (Å²) in [5, 5.41) is 10.6. The zero-order valence-electron chi connectivity index (χ0n) is 13.2. The maximum absolute atomic E-state index is 10.6. The standard InChI is InChI=1S/C17H28O/c1-11(2)12-9-13(16(3,4)5)15(18)14(10-12)17(6,7)8/h9-11,18H,1-8H3. The molecule has 0 amide bonds. The Morgan fingerprint density at radius 2 is 1.17 bits per heavy atom. The number of hydrogen-bond donors (Lipinski definition) is 1. The second kappa shape index (κ2) is 4.60. The molecule has 0 radical (unpaired) electrons. The Morgan fingerprint density at radius 3 is 1.39 bits per heavy atom. The van der Waals surface area contributed by atoms with Crippen molar-refractivity contribution in [3.05, 3.63) is 28.8 Å². The van der Waals surface area contributed by atoms with Crippen LogP contribution in [0, 0.1) is 0 Å². The molecule has 18 heavy (non-hydrogen) atoms. The van der Waals surface area contributed by atoms with Gasteiger partial charge in [-0.25, -0.2) is 0 Å². The molecule has 0 saturated heterocycles. The van der Waals surface area contributed by atoms with Crippen LogP contribution >= 0.6 is 0 Å². The molecule has 102 valence electrons. The predicted molar refractivity (Wildman–Crippen MR) is 79.6 cm³/mol. The summed E-state index contributed by atoms with van der Waals surface area (Å²) in [6.45, 7) is 17.3. The van der Waals surface area contributed by atoms with Crippen LogP contribution in [0.3, 0.4) is 0 Å². The molecule has 0 spiro atoms. The van der Waals surface area contributed by atoms with Crippen LogP contribution in [0.15, 0.2) is 12.1 Å². The van der Waals surface area contributed by atoms with Crippen molar-refractivity contribution >= 4 is 0 Å². The molecule has 1 aromatic carbocycles. The lowest BCUT2D eigenvalue weighted by molar-refractivity contribution is 0.422. The SMILES string of the molecule is CC(C)c1cc(C(C)(C)C)c(O)c(C(C)(C)C)c1. The molecule has 0 heterocycles. The van der Waals surface area contributed by atoms with E-state index in [1.165, 1.54) is 5.56 Å². The summed E-state index contributed by atoms with van der Waals surface area (Å²) in [5.41, 5.74) is 3.35. The van der Waals surface area contributed by atoms with E-state index in [0.29, 0.717) is 11.7 Å². The van der Waals surface area contributed by atoms with Crippen LogP contribution in [0.1, 0.15) is 78.0 Å². The van der Waals surface area contributed by atoms with Gasteiger partial charge in [-0.1, -0.05) is 67.5 Å². The van der Waals surface area contributed by atoms with Crippen molar-refractivity contribution in [2.75, 3.05) is 0 Å². The van der Waals surface area contributed by atoms with Crippen LogP contribution in [-0.2, 0) is 10.8 Å². The smallest absolute Gasteiger partial charge is 0.123 e. The lowest BCUT2D eigenvalue weighted by atomic mass is 9.77. The highest BCUT2D eigenvalue weighted by molar-refractivity contribution is 5.50. The van der Waals surface area contributed by atoms with Gasteiger partial charge in [0, 0.05) is 0 Å². The van der Waals surface area contributed by atoms with E-state index in [4.69, 9.17) is 0 Å². The Morgan fingerprint density at radius 1 is 0.833 bits per heavy atom. The van der Waals surface area contributed by atoms with E-state index >= 15 is 0 Å². The van der Waals surface area contributed by atoms with Crippen molar-refractivity contribution in [1.82, 2.24) is 0 Å². The fraction of sp³-hybridized carbons (Fsp3) is 0.647. The first-order valence-electron chi connectivity index (χ1n) is 6.82. The Labute approximate surface area is 112 Å². The molecule has 0 fully saturated rings. The highest BCUT2D eigenvalue weighted by Crippen LogP contribution is 2.40.